The summed E-state index contributed by atoms with van der Waals surface area (Å²) in [4.78, 5) is 14.0. The van der Waals surface area contributed by atoms with Gasteiger partial charge in [0, 0.05) is 5.69 Å². The van der Waals surface area contributed by atoms with Crippen LogP contribution in [0.25, 0.3) is 0 Å². The van der Waals surface area contributed by atoms with Crippen LogP contribution in [0.1, 0.15) is 22.1 Å². The van der Waals surface area contributed by atoms with Gasteiger partial charge in [-0.05, 0) is 43.2 Å². The normalized spacial score (nSPS) is 18.2. The Morgan fingerprint density at radius 3 is 2.07 bits per heavy atom. The zero-order valence-electron chi connectivity index (χ0n) is 16.5. The SMILES string of the molecule is COc1cc([C@@H]2N(c3ccc(C)cc3C)C(=O)CS2(=O)=O)cc(OC)c1OC. The lowest BCUT2D eigenvalue weighted by Crippen LogP contribution is -2.29. The first kappa shape index (κ1) is 20.0. The summed E-state index contributed by atoms with van der Waals surface area (Å²) in [5.41, 5.74) is 2.79. The molecule has 0 aromatic heterocycles. The van der Waals surface area contributed by atoms with E-state index < -0.39 is 26.9 Å². The number of carbonyl (C=O) groups is 1. The second-order valence-electron chi connectivity index (χ2n) is 6.67. The monoisotopic (exact) mass is 405 g/mol. The van der Waals surface area contributed by atoms with Crippen molar-refractivity contribution in [1.29, 1.82) is 0 Å². The Kier molecular flexibility index (Phi) is 5.25. The average Bonchev–Trinajstić information content (AvgIpc) is 2.88. The number of benzene rings is 2. The van der Waals surface area contributed by atoms with Crippen molar-refractivity contribution >= 4 is 21.4 Å². The number of hydrogen-bond donors (Lipinski definition) is 0. The van der Waals surface area contributed by atoms with Gasteiger partial charge in [0.05, 0.1) is 21.3 Å². The highest BCUT2D eigenvalue weighted by Crippen LogP contribution is 2.45. The topological polar surface area (TPSA) is 82.1 Å². The summed E-state index contributed by atoms with van der Waals surface area (Å²) in [6.07, 6.45) is 0. The molecule has 150 valence electrons. The van der Waals surface area contributed by atoms with E-state index in [1.54, 1.807) is 18.2 Å². The van der Waals surface area contributed by atoms with Gasteiger partial charge in [-0.15, -0.1) is 0 Å². The largest absolute Gasteiger partial charge is 0.493 e. The van der Waals surface area contributed by atoms with Gasteiger partial charge < -0.3 is 14.2 Å². The van der Waals surface area contributed by atoms with E-state index in [9.17, 15) is 13.2 Å². The molecule has 0 aliphatic carbocycles. The molecule has 0 N–H and O–H groups in total. The van der Waals surface area contributed by atoms with Crippen molar-refractivity contribution in [3.8, 4) is 17.2 Å². The van der Waals surface area contributed by atoms with Gasteiger partial charge in [0.2, 0.25) is 11.7 Å². The highest BCUT2D eigenvalue weighted by molar-refractivity contribution is 7.93. The lowest BCUT2D eigenvalue weighted by atomic mass is 10.1. The van der Waals surface area contributed by atoms with Crippen LogP contribution in [-0.4, -0.2) is 41.4 Å². The van der Waals surface area contributed by atoms with Crippen LogP contribution in [0.3, 0.4) is 0 Å². The Labute approximate surface area is 164 Å². The van der Waals surface area contributed by atoms with Crippen molar-refractivity contribution in [1.82, 2.24) is 0 Å². The maximum absolute atomic E-state index is 12.9. The molecule has 2 aromatic carbocycles. The summed E-state index contributed by atoms with van der Waals surface area (Å²) in [5.74, 6) is -0.0139. The summed E-state index contributed by atoms with van der Waals surface area (Å²) in [6, 6.07) is 8.68. The van der Waals surface area contributed by atoms with Crippen LogP contribution in [0.5, 0.6) is 17.2 Å². The van der Waals surface area contributed by atoms with Crippen LogP contribution in [0.15, 0.2) is 30.3 Å². The second kappa shape index (κ2) is 7.35. The Morgan fingerprint density at radius 2 is 1.57 bits per heavy atom. The van der Waals surface area contributed by atoms with E-state index in [0.717, 1.165) is 11.1 Å². The smallest absolute Gasteiger partial charge is 0.243 e. The van der Waals surface area contributed by atoms with Crippen molar-refractivity contribution in [2.45, 2.75) is 19.2 Å². The van der Waals surface area contributed by atoms with Gasteiger partial charge in [-0.1, -0.05) is 17.7 Å². The quantitative estimate of drug-likeness (QED) is 0.761. The van der Waals surface area contributed by atoms with Crippen molar-refractivity contribution in [3.05, 3.63) is 47.0 Å². The zero-order valence-corrected chi connectivity index (χ0v) is 17.3. The molecule has 2 aromatic rings. The molecule has 0 radical (unpaired) electrons. The third-order valence-corrected chi connectivity index (χ3v) is 6.56. The maximum atomic E-state index is 12.9. The summed E-state index contributed by atoms with van der Waals surface area (Å²) in [5, 5.41) is -1.17. The van der Waals surface area contributed by atoms with Crippen molar-refractivity contribution in [3.63, 3.8) is 0 Å². The van der Waals surface area contributed by atoms with E-state index in [1.807, 2.05) is 26.0 Å². The zero-order chi connectivity index (χ0) is 20.6. The van der Waals surface area contributed by atoms with Gasteiger partial charge >= 0.3 is 0 Å². The highest BCUT2D eigenvalue weighted by Gasteiger charge is 2.46. The number of anilines is 1. The molecule has 0 saturated carbocycles. The molecule has 0 unspecified atom stereocenters. The standard InChI is InChI=1S/C20H23NO6S/c1-12-6-7-15(13(2)8-12)21-18(22)11-28(23,24)20(21)14-9-16(25-3)19(27-5)17(10-14)26-4/h6-10,20H,11H2,1-5H3/t20-/m1/s1. The van der Waals surface area contributed by atoms with E-state index in [0.29, 0.717) is 28.5 Å². The van der Waals surface area contributed by atoms with Gasteiger partial charge in [-0.25, -0.2) is 8.42 Å². The number of methoxy groups -OCH3 is 3. The number of nitrogens with zero attached hydrogens (tertiary/aromatic N) is 1. The third kappa shape index (κ3) is 3.28. The number of hydrogen-bond acceptors (Lipinski definition) is 6. The lowest BCUT2D eigenvalue weighted by Gasteiger charge is -2.26. The van der Waals surface area contributed by atoms with Crippen LogP contribution in [0.2, 0.25) is 0 Å². The Balaban J connectivity index is 2.23. The van der Waals surface area contributed by atoms with E-state index in [1.165, 1.54) is 26.2 Å². The Morgan fingerprint density at radius 1 is 0.964 bits per heavy atom. The molecule has 1 saturated heterocycles. The Hall–Kier alpha value is -2.74. The summed E-state index contributed by atoms with van der Waals surface area (Å²) >= 11 is 0. The van der Waals surface area contributed by atoms with E-state index in [2.05, 4.69) is 0 Å². The van der Waals surface area contributed by atoms with Gasteiger partial charge in [-0.2, -0.15) is 0 Å². The lowest BCUT2D eigenvalue weighted by molar-refractivity contribution is -0.115. The predicted octanol–water partition coefficient (Wildman–Crippen LogP) is 2.79. The number of sulfone groups is 1. The molecule has 0 spiro atoms. The Bertz CT molecular complexity index is 1010. The number of carbonyl (C=O) groups excluding carboxylic acids is 1. The van der Waals surface area contributed by atoms with Crippen molar-refractivity contribution in [2.75, 3.05) is 32.0 Å². The highest BCUT2D eigenvalue weighted by atomic mass is 32.2. The van der Waals surface area contributed by atoms with Crippen LogP contribution in [0.4, 0.5) is 5.69 Å². The molecular weight excluding hydrogens is 382 g/mol. The van der Waals surface area contributed by atoms with Gasteiger partial charge in [-0.3, -0.25) is 9.69 Å². The molecule has 1 fully saturated rings. The summed E-state index contributed by atoms with van der Waals surface area (Å²) < 4.78 is 41.8. The molecule has 3 rings (SSSR count). The third-order valence-electron chi connectivity index (χ3n) is 4.75. The molecule has 1 aliphatic rings. The molecular formula is C20H23NO6S. The molecule has 1 heterocycles. The number of rotatable bonds is 5. The predicted molar refractivity (Wildman–Crippen MR) is 106 cm³/mol. The second-order valence-corrected chi connectivity index (χ2v) is 8.73. The van der Waals surface area contributed by atoms with Crippen LogP contribution in [-0.2, 0) is 14.6 Å². The molecule has 1 atom stereocenters. The first-order valence-corrected chi connectivity index (χ1v) is 10.4. The molecule has 8 heteroatoms. The molecule has 1 amide bonds. The molecule has 1 aliphatic heterocycles. The van der Waals surface area contributed by atoms with Crippen molar-refractivity contribution in [2.24, 2.45) is 0 Å². The number of aryl methyl sites for hydroxylation is 2. The van der Waals surface area contributed by atoms with Crippen molar-refractivity contribution < 1.29 is 27.4 Å². The van der Waals surface area contributed by atoms with E-state index in [-0.39, 0.29) is 0 Å². The molecule has 0 bridgehead atoms. The first-order chi connectivity index (χ1) is 13.2. The van der Waals surface area contributed by atoms with Crippen LogP contribution >= 0.6 is 0 Å². The molecule has 28 heavy (non-hydrogen) atoms. The van der Waals surface area contributed by atoms with Crippen LogP contribution < -0.4 is 19.1 Å². The van der Waals surface area contributed by atoms with Gasteiger partial charge in [0.25, 0.3) is 0 Å². The fourth-order valence-corrected chi connectivity index (χ4v) is 5.29. The fraction of sp³-hybridized carbons (Fsp3) is 0.350. The number of amides is 1. The van der Waals surface area contributed by atoms with Crippen LogP contribution in [0, 0.1) is 13.8 Å². The average molecular weight is 405 g/mol. The van der Waals surface area contributed by atoms with E-state index in [4.69, 9.17) is 14.2 Å². The minimum Gasteiger partial charge on any atom is -0.493 e. The van der Waals surface area contributed by atoms with Gasteiger partial charge in [0.1, 0.15) is 5.75 Å². The minimum atomic E-state index is -3.76. The fourth-order valence-electron chi connectivity index (χ4n) is 3.55. The minimum absolute atomic E-state index is 0.326. The summed E-state index contributed by atoms with van der Waals surface area (Å²) in [6.45, 7) is 3.79. The van der Waals surface area contributed by atoms with E-state index >= 15 is 0 Å². The summed E-state index contributed by atoms with van der Waals surface area (Å²) in [7, 11) is 0.623. The number of ether oxygens (including phenoxy) is 3. The molecule has 7 nitrogen and oxygen atoms in total. The van der Waals surface area contributed by atoms with Gasteiger partial charge in [0.15, 0.2) is 26.7 Å². The maximum Gasteiger partial charge on any atom is 0.243 e. The first-order valence-electron chi connectivity index (χ1n) is 8.64.